The molecule has 0 N–H and O–H groups in total. The van der Waals surface area contributed by atoms with Crippen molar-refractivity contribution >= 4 is 11.8 Å². The van der Waals surface area contributed by atoms with Crippen molar-refractivity contribution in [1.29, 1.82) is 0 Å². The first-order valence-electron chi connectivity index (χ1n) is 5.06. The fourth-order valence-electron chi connectivity index (χ4n) is 1.18. The van der Waals surface area contributed by atoms with Crippen LogP contribution in [-0.2, 0) is 9.59 Å². The average Bonchev–Trinajstić information content (AvgIpc) is 2.35. The molecule has 0 unspecified atom stereocenters. The van der Waals surface area contributed by atoms with Crippen LogP contribution in [0.1, 0.15) is 34.6 Å². The summed E-state index contributed by atoms with van der Waals surface area (Å²) in [5.74, 6) is 0.0112. The van der Waals surface area contributed by atoms with Gasteiger partial charge in [-0.05, 0) is 12.8 Å². The molecule has 0 saturated carbocycles. The molecule has 1 heterocycles. The summed E-state index contributed by atoms with van der Waals surface area (Å²) in [7, 11) is 0. The maximum atomic E-state index is 11.3. The predicted octanol–water partition coefficient (Wildman–Crippen LogP) is 1.98. The molecule has 3 heteroatoms. The third-order valence-electron chi connectivity index (χ3n) is 1.74. The lowest BCUT2D eigenvalue weighted by molar-refractivity contribution is -0.137. The minimum atomic E-state index is -0.175. The summed E-state index contributed by atoms with van der Waals surface area (Å²) in [5, 5.41) is 0. The van der Waals surface area contributed by atoms with Gasteiger partial charge in [0.05, 0.1) is 0 Å². The molecule has 14 heavy (non-hydrogen) atoms. The van der Waals surface area contributed by atoms with Crippen molar-refractivity contribution in [3.63, 3.8) is 0 Å². The molecule has 0 aromatic rings. The first-order chi connectivity index (χ1) is 6.52. The molecule has 0 saturated heterocycles. The van der Waals surface area contributed by atoms with E-state index in [-0.39, 0.29) is 11.8 Å². The van der Waals surface area contributed by atoms with E-state index in [1.54, 1.807) is 6.92 Å². The number of imide groups is 1. The molecular weight excluding hydrogens is 178 g/mol. The monoisotopic (exact) mass is 197 g/mol. The molecular formula is C11H19NO2. The number of carbonyl (C=O) groups is 2. The molecule has 0 aliphatic carbocycles. The van der Waals surface area contributed by atoms with E-state index < -0.39 is 0 Å². The van der Waals surface area contributed by atoms with Crippen LogP contribution in [0.2, 0.25) is 0 Å². The van der Waals surface area contributed by atoms with E-state index in [9.17, 15) is 9.59 Å². The summed E-state index contributed by atoms with van der Waals surface area (Å²) in [4.78, 5) is 23.7. The van der Waals surface area contributed by atoms with Crippen LogP contribution in [0.3, 0.4) is 0 Å². The number of carbonyl (C=O) groups excluding carboxylic acids is 2. The van der Waals surface area contributed by atoms with Crippen LogP contribution < -0.4 is 0 Å². The lowest BCUT2D eigenvalue weighted by atomic mass is 10.2. The van der Waals surface area contributed by atoms with E-state index in [0.717, 1.165) is 0 Å². The van der Waals surface area contributed by atoms with Gasteiger partial charge in [0.25, 0.3) is 11.8 Å². The zero-order valence-electron chi connectivity index (χ0n) is 9.63. The second kappa shape index (κ2) is 5.58. The van der Waals surface area contributed by atoms with Crippen LogP contribution >= 0.6 is 0 Å². The molecule has 1 aliphatic heterocycles. The Balaban J connectivity index is 0.000000791. The minimum absolute atomic E-state index is 0.145. The standard InChI is InChI=1S/C9H13NO2.C2H6/c1-6(2)5-10-8(11)4-7(3)9(10)12;1-2/h4,6H,5H2,1-3H3;1-2H3. The third-order valence-corrected chi connectivity index (χ3v) is 1.74. The molecule has 1 rings (SSSR count). The van der Waals surface area contributed by atoms with Gasteiger partial charge >= 0.3 is 0 Å². The smallest absolute Gasteiger partial charge is 0.256 e. The molecule has 0 atom stereocenters. The van der Waals surface area contributed by atoms with E-state index in [2.05, 4.69) is 0 Å². The van der Waals surface area contributed by atoms with Gasteiger partial charge in [0.2, 0.25) is 0 Å². The van der Waals surface area contributed by atoms with Crippen LogP contribution in [0.15, 0.2) is 11.6 Å². The number of rotatable bonds is 2. The van der Waals surface area contributed by atoms with E-state index >= 15 is 0 Å². The Bertz CT molecular complexity index is 254. The molecule has 0 bridgehead atoms. The molecule has 0 radical (unpaired) electrons. The van der Waals surface area contributed by atoms with Gasteiger partial charge in [-0.2, -0.15) is 0 Å². The van der Waals surface area contributed by atoms with E-state index in [4.69, 9.17) is 0 Å². The van der Waals surface area contributed by atoms with Crippen molar-refractivity contribution < 1.29 is 9.59 Å². The van der Waals surface area contributed by atoms with Crippen molar-refractivity contribution in [1.82, 2.24) is 4.90 Å². The third kappa shape index (κ3) is 2.98. The molecule has 1 aliphatic rings. The highest BCUT2D eigenvalue weighted by Crippen LogP contribution is 2.13. The molecule has 80 valence electrons. The lowest BCUT2D eigenvalue weighted by Gasteiger charge is -2.16. The summed E-state index contributed by atoms with van der Waals surface area (Å²) in [5.41, 5.74) is 0.542. The Kier molecular flexibility index (Phi) is 5.13. The summed E-state index contributed by atoms with van der Waals surface area (Å²) < 4.78 is 0. The fourth-order valence-corrected chi connectivity index (χ4v) is 1.18. The van der Waals surface area contributed by atoms with E-state index in [1.165, 1.54) is 11.0 Å². The van der Waals surface area contributed by atoms with Gasteiger partial charge in [-0.25, -0.2) is 0 Å². The topological polar surface area (TPSA) is 37.4 Å². The molecule has 2 amide bonds. The fraction of sp³-hybridized carbons (Fsp3) is 0.636. The van der Waals surface area contributed by atoms with Crippen molar-refractivity contribution in [2.24, 2.45) is 5.92 Å². The van der Waals surface area contributed by atoms with Crippen LogP contribution in [0.4, 0.5) is 0 Å². The zero-order valence-corrected chi connectivity index (χ0v) is 9.63. The lowest BCUT2D eigenvalue weighted by Crippen LogP contribution is -2.34. The minimum Gasteiger partial charge on any atom is -0.275 e. The molecule has 0 aromatic carbocycles. The largest absolute Gasteiger partial charge is 0.275 e. The molecule has 3 nitrogen and oxygen atoms in total. The molecule has 0 aromatic heterocycles. The van der Waals surface area contributed by atoms with Gasteiger partial charge in [-0.3, -0.25) is 14.5 Å². The second-order valence-corrected chi connectivity index (χ2v) is 3.48. The van der Waals surface area contributed by atoms with Crippen LogP contribution in [0.25, 0.3) is 0 Å². The molecule has 0 spiro atoms. The Morgan fingerprint density at radius 2 is 1.79 bits per heavy atom. The van der Waals surface area contributed by atoms with Gasteiger partial charge < -0.3 is 0 Å². The van der Waals surface area contributed by atoms with Crippen molar-refractivity contribution in [2.45, 2.75) is 34.6 Å². The number of amides is 2. The quantitative estimate of drug-likeness (QED) is 0.635. The summed E-state index contributed by atoms with van der Waals surface area (Å²) in [6.07, 6.45) is 1.39. The second-order valence-electron chi connectivity index (χ2n) is 3.48. The normalized spacial score (nSPS) is 15.6. The summed E-state index contributed by atoms with van der Waals surface area (Å²) in [6, 6.07) is 0. The summed E-state index contributed by atoms with van der Waals surface area (Å²) >= 11 is 0. The zero-order chi connectivity index (χ0) is 11.3. The maximum Gasteiger partial charge on any atom is 0.256 e. The maximum absolute atomic E-state index is 11.3. The van der Waals surface area contributed by atoms with Gasteiger partial charge in [-0.15, -0.1) is 0 Å². The van der Waals surface area contributed by atoms with Crippen LogP contribution in [-0.4, -0.2) is 23.3 Å². The number of hydrogen-bond acceptors (Lipinski definition) is 2. The number of nitrogens with zero attached hydrogens (tertiary/aromatic N) is 1. The van der Waals surface area contributed by atoms with Crippen LogP contribution in [0, 0.1) is 5.92 Å². The molecule has 0 fully saturated rings. The number of hydrogen-bond donors (Lipinski definition) is 0. The highest BCUT2D eigenvalue weighted by atomic mass is 16.2. The average molecular weight is 197 g/mol. The van der Waals surface area contributed by atoms with Crippen molar-refractivity contribution in [3.8, 4) is 0 Å². The first kappa shape index (κ1) is 12.9. The predicted molar refractivity (Wildman–Crippen MR) is 56.7 cm³/mol. The van der Waals surface area contributed by atoms with Gasteiger partial charge in [0.1, 0.15) is 0 Å². The van der Waals surface area contributed by atoms with Gasteiger partial charge in [0, 0.05) is 18.2 Å². The van der Waals surface area contributed by atoms with E-state index in [0.29, 0.717) is 18.0 Å². The SMILES string of the molecule is CC.CC1=CC(=O)N(CC(C)C)C1=O. The Hall–Kier alpha value is -1.12. The highest BCUT2D eigenvalue weighted by molar-refractivity contribution is 6.15. The van der Waals surface area contributed by atoms with Crippen molar-refractivity contribution in [3.05, 3.63) is 11.6 Å². The Morgan fingerprint density at radius 1 is 1.29 bits per heavy atom. The van der Waals surface area contributed by atoms with Crippen molar-refractivity contribution in [2.75, 3.05) is 6.54 Å². The Labute approximate surface area is 85.8 Å². The van der Waals surface area contributed by atoms with E-state index in [1.807, 2.05) is 27.7 Å². The highest BCUT2D eigenvalue weighted by Gasteiger charge is 2.28. The first-order valence-corrected chi connectivity index (χ1v) is 5.06. The van der Waals surface area contributed by atoms with Crippen LogP contribution in [0.5, 0.6) is 0 Å². The Morgan fingerprint density at radius 3 is 2.07 bits per heavy atom. The summed E-state index contributed by atoms with van der Waals surface area (Å²) in [6.45, 7) is 10.1. The van der Waals surface area contributed by atoms with Gasteiger partial charge in [-0.1, -0.05) is 27.7 Å². The van der Waals surface area contributed by atoms with Gasteiger partial charge in [0.15, 0.2) is 0 Å².